The Balaban J connectivity index is 2.26. The van der Waals surface area contributed by atoms with Crippen molar-refractivity contribution in [3.63, 3.8) is 0 Å². The lowest BCUT2D eigenvalue weighted by molar-refractivity contribution is -0.114. The Hall–Kier alpha value is -2.14. The molecule has 0 heterocycles. The van der Waals surface area contributed by atoms with Crippen LogP contribution in [0.3, 0.4) is 0 Å². The highest BCUT2D eigenvalue weighted by atomic mass is 32.2. The van der Waals surface area contributed by atoms with Crippen molar-refractivity contribution in [2.75, 3.05) is 5.32 Å². The van der Waals surface area contributed by atoms with Crippen LogP contribution in [0, 0.1) is 5.82 Å². The molecule has 1 amide bonds. The van der Waals surface area contributed by atoms with E-state index in [2.05, 4.69) is 5.32 Å². The van der Waals surface area contributed by atoms with Gasteiger partial charge in [0.2, 0.25) is 5.91 Å². The molecule has 0 saturated carbocycles. The third-order valence-corrected chi connectivity index (χ3v) is 3.87. The maximum Gasteiger partial charge on any atom is 0.221 e. The van der Waals surface area contributed by atoms with E-state index in [0.29, 0.717) is 16.1 Å². The molecule has 0 aliphatic rings. The summed E-state index contributed by atoms with van der Waals surface area (Å²) in [7, 11) is 0. The van der Waals surface area contributed by atoms with Gasteiger partial charge in [-0.25, -0.2) is 4.39 Å². The van der Waals surface area contributed by atoms with Gasteiger partial charge in [-0.2, -0.15) is 0 Å². The van der Waals surface area contributed by atoms with Crippen LogP contribution in [0.15, 0.2) is 52.3 Å². The van der Waals surface area contributed by atoms with Gasteiger partial charge in [0.05, 0.1) is 4.90 Å². The molecule has 0 unspecified atom stereocenters. The molecule has 0 aromatic heterocycles. The van der Waals surface area contributed by atoms with Crippen LogP contribution >= 0.6 is 11.8 Å². The highest BCUT2D eigenvalue weighted by Gasteiger charge is 2.13. The predicted octanol–water partition coefficient (Wildman–Crippen LogP) is 4.14. The predicted molar refractivity (Wildman–Crippen MR) is 81.3 cm³/mol. The van der Waals surface area contributed by atoms with Crippen molar-refractivity contribution >= 4 is 29.1 Å². The summed E-state index contributed by atoms with van der Waals surface area (Å²) < 4.78 is 13.9. The van der Waals surface area contributed by atoms with Gasteiger partial charge < -0.3 is 5.32 Å². The standard InChI is InChI=1S/C16H14FNO2S/c1-10(19)14-4-3-5-15(17)16(14)21-13-8-6-12(7-9-13)18-11(2)20/h3-9H,1-2H3,(H,18,20). The molecule has 21 heavy (non-hydrogen) atoms. The van der Waals surface area contributed by atoms with Crippen LogP contribution in [0.4, 0.5) is 10.1 Å². The summed E-state index contributed by atoms with van der Waals surface area (Å²) in [5.41, 5.74) is 1.04. The number of benzene rings is 2. The number of nitrogens with one attached hydrogen (secondary N) is 1. The third-order valence-electron chi connectivity index (χ3n) is 2.74. The first-order chi connectivity index (χ1) is 9.97. The van der Waals surface area contributed by atoms with E-state index in [1.165, 1.54) is 37.7 Å². The molecule has 0 radical (unpaired) electrons. The van der Waals surface area contributed by atoms with Crippen LogP contribution in [0.25, 0.3) is 0 Å². The van der Waals surface area contributed by atoms with Gasteiger partial charge in [0.1, 0.15) is 5.82 Å². The topological polar surface area (TPSA) is 46.2 Å². The maximum atomic E-state index is 13.9. The van der Waals surface area contributed by atoms with Gasteiger partial charge in [-0.3, -0.25) is 9.59 Å². The summed E-state index contributed by atoms with van der Waals surface area (Å²) in [4.78, 5) is 23.6. The molecule has 2 aromatic carbocycles. The maximum absolute atomic E-state index is 13.9. The van der Waals surface area contributed by atoms with Crippen LogP contribution in [0.5, 0.6) is 0 Å². The van der Waals surface area contributed by atoms with Crippen molar-refractivity contribution in [3.8, 4) is 0 Å². The number of Topliss-reactive ketones (excluding diaryl/α,β-unsaturated/α-hetero) is 1. The quantitative estimate of drug-likeness (QED) is 0.864. The Morgan fingerprint density at radius 3 is 2.29 bits per heavy atom. The van der Waals surface area contributed by atoms with Gasteiger partial charge in [0.25, 0.3) is 0 Å². The van der Waals surface area contributed by atoms with Gasteiger partial charge in [-0.05, 0) is 37.3 Å². The monoisotopic (exact) mass is 303 g/mol. The smallest absolute Gasteiger partial charge is 0.221 e. The summed E-state index contributed by atoms with van der Waals surface area (Å²) >= 11 is 1.19. The fourth-order valence-corrected chi connectivity index (χ4v) is 2.81. The van der Waals surface area contributed by atoms with E-state index in [9.17, 15) is 14.0 Å². The van der Waals surface area contributed by atoms with E-state index in [4.69, 9.17) is 0 Å². The largest absolute Gasteiger partial charge is 0.326 e. The zero-order valence-electron chi connectivity index (χ0n) is 11.6. The second-order valence-corrected chi connectivity index (χ2v) is 5.56. The lowest BCUT2D eigenvalue weighted by Gasteiger charge is -2.08. The van der Waals surface area contributed by atoms with Gasteiger partial charge >= 0.3 is 0 Å². The Bertz CT molecular complexity index is 683. The molecule has 5 heteroatoms. The first kappa shape index (κ1) is 15.3. The Morgan fingerprint density at radius 1 is 1.05 bits per heavy atom. The highest BCUT2D eigenvalue weighted by Crippen LogP contribution is 2.33. The number of hydrogen-bond acceptors (Lipinski definition) is 3. The molecule has 0 atom stereocenters. The summed E-state index contributed by atoms with van der Waals surface area (Å²) in [6.07, 6.45) is 0. The average Bonchev–Trinajstić information content (AvgIpc) is 2.42. The van der Waals surface area contributed by atoms with Gasteiger partial charge in [-0.1, -0.05) is 23.9 Å². The number of anilines is 1. The number of carbonyl (C=O) groups is 2. The van der Waals surface area contributed by atoms with E-state index in [-0.39, 0.29) is 11.7 Å². The molecule has 108 valence electrons. The molecule has 0 bridgehead atoms. The molecule has 1 N–H and O–H groups in total. The third kappa shape index (κ3) is 3.92. The lowest BCUT2D eigenvalue weighted by atomic mass is 10.1. The minimum atomic E-state index is -0.418. The number of hydrogen-bond donors (Lipinski definition) is 1. The van der Waals surface area contributed by atoms with Crippen molar-refractivity contribution in [2.24, 2.45) is 0 Å². The van der Waals surface area contributed by atoms with Crippen molar-refractivity contribution in [1.29, 1.82) is 0 Å². The molecule has 2 rings (SSSR count). The molecule has 0 fully saturated rings. The Kier molecular flexibility index (Phi) is 4.75. The van der Waals surface area contributed by atoms with Crippen LogP contribution < -0.4 is 5.32 Å². The summed E-state index contributed by atoms with van der Waals surface area (Å²) in [5.74, 6) is -0.742. The second-order valence-electron chi connectivity index (χ2n) is 4.48. The van der Waals surface area contributed by atoms with Crippen molar-refractivity contribution in [1.82, 2.24) is 0 Å². The zero-order chi connectivity index (χ0) is 15.4. The Morgan fingerprint density at radius 2 is 1.71 bits per heavy atom. The number of rotatable bonds is 4. The highest BCUT2D eigenvalue weighted by molar-refractivity contribution is 7.99. The van der Waals surface area contributed by atoms with Crippen molar-refractivity contribution < 1.29 is 14.0 Å². The second kappa shape index (κ2) is 6.54. The zero-order valence-corrected chi connectivity index (χ0v) is 12.5. The van der Waals surface area contributed by atoms with Crippen LogP contribution in [0.2, 0.25) is 0 Å². The van der Waals surface area contributed by atoms with Gasteiger partial charge in [0, 0.05) is 23.1 Å². The molecule has 0 aliphatic carbocycles. The molecule has 0 aliphatic heterocycles. The minimum absolute atomic E-state index is 0.150. The van der Waals surface area contributed by atoms with E-state index in [1.807, 2.05) is 0 Å². The number of amides is 1. The van der Waals surface area contributed by atoms with Crippen LogP contribution in [0.1, 0.15) is 24.2 Å². The van der Waals surface area contributed by atoms with E-state index in [0.717, 1.165) is 4.90 Å². The SMILES string of the molecule is CC(=O)Nc1ccc(Sc2c(F)cccc2C(C)=O)cc1. The lowest BCUT2D eigenvalue weighted by Crippen LogP contribution is -2.05. The molecular formula is C16H14FNO2S. The fraction of sp³-hybridized carbons (Fsp3) is 0.125. The van der Waals surface area contributed by atoms with E-state index < -0.39 is 5.82 Å². The first-order valence-corrected chi connectivity index (χ1v) is 7.14. The van der Waals surface area contributed by atoms with Gasteiger partial charge in [-0.15, -0.1) is 0 Å². The molecular weight excluding hydrogens is 289 g/mol. The minimum Gasteiger partial charge on any atom is -0.326 e. The van der Waals surface area contributed by atoms with E-state index >= 15 is 0 Å². The first-order valence-electron chi connectivity index (χ1n) is 6.32. The summed E-state index contributed by atoms with van der Waals surface area (Å²) in [5, 5.41) is 2.66. The molecule has 2 aromatic rings. The normalized spacial score (nSPS) is 10.2. The average molecular weight is 303 g/mol. The molecule has 0 spiro atoms. The van der Waals surface area contributed by atoms with Crippen molar-refractivity contribution in [2.45, 2.75) is 23.6 Å². The molecule has 3 nitrogen and oxygen atoms in total. The summed E-state index contributed by atoms with van der Waals surface area (Å²) in [6.45, 7) is 2.85. The fourth-order valence-electron chi connectivity index (χ4n) is 1.82. The molecule has 0 saturated heterocycles. The van der Waals surface area contributed by atoms with Gasteiger partial charge in [0.15, 0.2) is 5.78 Å². The number of carbonyl (C=O) groups excluding carboxylic acids is 2. The van der Waals surface area contributed by atoms with E-state index in [1.54, 1.807) is 30.3 Å². The Labute approximate surface area is 126 Å². The number of ketones is 1. The number of halogens is 1. The summed E-state index contributed by atoms with van der Waals surface area (Å²) in [6, 6.07) is 11.5. The van der Waals surface area contributed by atoms with Crippen LogP contribution in [-0.4, -0.2) is 11.7 Å². The van der Waals surface area contributed by atoms with Crippen LogP contribution in [-0.2, 0) is 4.79 Å². The van der Waals surface area contributed by atoms with Crippen molar-refractivity contribution in [3.05, 3.63) is 53.8 Å².